The zero-order valence-electron chi connectivity index (χ0n) is 15.3. The quantitative estimate of drug-likeness (QED) is 0.721. The Balaban J connectivity index is 1.72. The molecule has 6 nitrogen and oxygen atoms in total. The highest BCUT2D eigenvalue weighted by atomic mass is 16.6. The maximum Gasteiger partial charge on any atom is 0.410 e. The summed E-state index contributed by atoms with van der Waals surface area (Å²) < 4.78 is 10.6. The van der Waals surface area contributed by atoms with Gasteiger partial charge in [0, 0.05) is 5.56 Å². The van der Waals surface area contributed by atoms with E-state index in [1.165, 1.54) is 4.90 Å². The van der Waals surface area contributed by atoms with Crippen LogP contribution >= 0.6 is 0 Å². The number of nitrogens with zero attached hydrogens (tertiary/aromatic N) is 1. The molecule has 6 heteroatoms. The highest BCUT2D eigenvalue weighted by Gasteiger charge is 2.24. The van der Waals surface area contributed by atoms with Crippen LogP contribution in [0.1, 0.15) is 37.0 Å². The predicted molar refractivity (Wildman–Crippen MR) is 95.3 cm³/mol. The van der Waals surface area contributed by atoms with E-state index in [4.69, 9.17) is 9.47 Å². The number of ketones is 1. The Morgan fingerprint density at radius 1 is 1.12 bits per heavy atom. The molecule has 0 atom stereocenters. The molecule has 1 aliphatic heterocycles. The van der Waals surface area contributed by atoms with Crippen LogP contribution in [0.2, 0.25) is 0 Å². The molecular formula is C19H29N2O4+. The van der Waals surface area contributed by atoms with Crippen molar-refractivity contribution in [2.45, 2.75) is 26.7 Å². The van der Waals surface area contributed by atoms with Crippen LogP contribution in [0.25, 0.3) is 0 Å². The van der Waals surface area contributed by atoms with Gasteiger partial charge >= 0.3 is 6.09 Å². The van der Waals surface area contributed by atoms with Gasteiger partial charge in [-0.3, -0.25) is 9.69 Å². The third-order valence-corrected chi connectivity index (χ3v) is 4.35. The first-order chi connectivity index (χ1) is 12.1. The van der Waals surface area contributed by atoms with E-state index >= 15 is 0 Å². The minimum atomic E-state index is -0.233. The third-order valence-electron chi connectivity index (χ3n) is 4.35. The second-order valence-corrected chi connectivity index (χ2v) is 6.23. The summed E-state index contributed by atoms with van der Waals surface area (Å²) in [5, 5.41) is 0. The van der Waals surface area contributed by atoms with Gasteiger partial charge in [-0.05, 0) is 37.6 Å². The number of carbonyl (C=O) groups excluding carboxylic acids is 2. The largest absolute Gasteiger partial charge is 0.494 e. The SMILES string of the molecule is CCCOc1ccc(C(=O)CC[NH+]2CCN(C(=O)OCC)CC2)cc1. The Hall–Kier alpha value is -2.08. The summed E-state index contributed by atoms with van der Waals surface area (Å²) in [4.78, 5) is 27.1. The maximum atomic E-state index is 12.3. The van der Waals surface area contributed by atoms with Crippen LogP contribution < -0.4 is 9.64 Å². The van der Waals surface area contributed by atoms with E-state index in [2.05, 4.69) is 6.92 Å². The van der Waals surface area contributed by atoms with Crippen LogP contribution in [0.15, 0.2) is 24.3 Å². The van der Waals surface area contributed by atoms with E-state index in [-0.39, 0.29) is 11.9 Å². The van der Waals surface area contributed by atoms with E-state index in [9.17, 15) is 9.59 Å². The van der Waals surface area contributed by atoms with Gasteiger partial charge < -0.3 is 14.4 Å². The number of nitrogens with one attached hydrogen (secondary N) is 1. The molecule has 0 aliphatic carbocycles. The summed E-state index contributed by atoms with van der Waals surface area (Å²) in [7, 11) is 0. The Morgan fingerprint density at radius 2 is 1.80 bits per heavy atom. The fourth-order valence-electron chi connectivity index (χ4n) is 2.86. The summed E-state index contributed by atoms with van der Waals surface area (Å²) >= 11 is 0. The van der Waals surface area contributed by atoms with E-state index in [0.29, 0.717) is 32.7 Å². The predicted octanol–water partition coefficient (Wildman–Crippen LogP) is 1.41. The molecule has 1 saturated heterocycles. The van der Waals surface area contributed by atoms with Crippen molar-refractivity contribution in [1.82, 2.24) is 4.90 Å². The number of piperazine rings is 1. The molecule has 0 saturated carbocycles. The van der Waals surface area contributed by atoms with Crippen LogP contribution in [-0.2, 0) is 4.74 Å². The van der Waals surface area contributed by atoms with Crippen molar-refractivity contribution in [1.29, 1.82) is 0 Å². The van der Waals surface area contributed by atoms with Crippen LogP contribution in [0.3, 0.4) is 0 Å². The lowest BCUT2D eigenvalue weighted by Crippen LogP contribution is -3.14. The maximum absolute atomic E-state index is 12.3. The van der Waals surface area contributed by atoms with Crippen molar-refractivity contribution in [3.63, 3.8) is 0 Å². The molecular weight excluding hydrogens is 320 g/mol. The highest BCUT2D eigenvalue weighted by molar-refractivity contribution is 5.96. The average Bonchev–Trinajstić information content (AvgIpc) is 2.65. The Bertz CT molecular complexity index is 551. The molecule has 1 aliphatic rings. The number of Topliss-reactive ketones (excluding diaryl/α,β-unsaturated/α-hetero) is 1. The number of carbonyl (C=O) groups is 2. The summed E-state index contributed by atoms with van der Waals surface area (Å²) in [5.41, 5.74) is 0.730. The molecule has 0 spiro atoms. The normalized spacial score (nSPS) is 15.0. The lowest BCUT2D eigenvalue weighted by Gasteiger charge is -2.31. The number of hydrogen-bond acceptors (Lipinski definition) is 4. The molecule has 25 heavy (non-hydrogen) atoms. The molecule has 0 radical (unpaired) electrons. The monoisotopic (exact) mass is 349 g/mol. The zero-order chi connectivity index (χ0) is 18.1. The topological polar surface area (TPSA) is 60.3 Å². The number of quaternary nitrogens is 1. The number of rotatable bonds is 8. The lowest BCUT2D eigenvalue weighted by atomic mass is 10.1. The van der Waals surface area contributed by atoms with Crippen molar-refractivity contribution in [2.75, 3.05) is 45.9 Å². The van der Waals surface area contributed by atoms with Crippen molar-refractivity contribution in [2.24, 2.45) is 0 Å². The van der Waals surface area contributed by atoms with Crippen LogP contribution in [0, 0.1) is 0 Å². The summed E-state index contributed by atoms with van der Waals surface area (Å²) in [6, 6.07) is 7.38. The minimum absolute atomic E-state index is 0.155. The van der Waals surface area contributed by atoms with Crippen LogP contribution in [-0.4, -0.2) is 62.7 Å². The molecule has 1 fully saturated rings. The smallest absolute Gasteiger partial charge is 0.410 e. The van der Waals surface area contributed by atoms with Crippen molar-refractivity contribution in [3.05, 3.63) is 29.8 Å². The zero-order valence-corrected chi connectivity index (χ0v) is 15.3. The van der Waals surface area contributed by atoms with Gasteiger partial charge in [-0.25, -0.2) is 4.79 Å². The first-order valence-electron chi connectivity index (χ1n) is 9.15. The molecule has 1 amide bonds. The van der Waals surface area contributed by atoms with Gasteiger partial charge in [-0.2, -0.15) is 0 Å². The van der Waals surface area contributed by atoms with E-state index in [0.717, 1.165) is 37.4 Å². The second-order valence-electron chi connectivity index (χ2n) is 6.23. The highest BCUT2D eigenvalue weighted by Crippen LogP contribution is 2.13. The lowest BCUT2D eigenvalue weighted by molar-refractivity contribution is -0.903. The van der Waals surface area contributed by atoms with Gasteiger partial charge in [0.1, 0.15) is 5.75 Å². The molecule has 0 unspecified atom stereocenters. The van der Waals surface area contributed by atoms with Gasteiger partial charge in [0.15, 0.2) is 5.78 Å². The van der Waals surface area contributed by atoms with Gasteiger partial charge in [0.2, 0.25) is 0 Å². The van der Waals surface area contributed by atoms with Crippen molar-refractivity contribution in [3.8, 4) is 5.75 Å². The first-order valence-corrected chi connectivity index (χ1v) is 9.15. The van der Waals surface area contributed by atoms with Gasteiger partial charge in [-0.15, -0.1) is 0 Å². The summed E-state index contributed by atoms with van der Waals surface area (Å²) in [5.74, 6) is 0.960. The van der Waals surface area contributed by atoms with E-state index < -0.39 is 0 Å². The molecule has 138 valence electrons. The molecule has 0 aromatic heterocycles. The Labute approximate surface area is 149 Å². The fourth-order valence-corrected chi connectivity index (χ4v) is 2.86. The number of hydrogen-bond donors (Lipinski definition) is 1. The Morgan fingerprint density at radius 3 is 2.40 bits per heavy atom. The summed E-state index contributed by atoms with van der Waals surface area (Å²) in [6.45, 7) is 8.85. The van der Waals surface area contributed by atoms with Crippen LogP contribution in [0.4, 0.5) is 4.79 Å². The fraction of sp³-hybridized carbons (Fsp3) is 0.579. The average molecular weight is 349 g/mol. The second kappa shape index (κ2) is 10.0. The standard InChI is InChI=1S/C19H28N2O4/c1-3-15-25-17-7-5-16(6-8-17)18(22)9-10-20-11-13-21(14-12-20)19(23)24-4-2/h5-8H,3-4,9-15H2,1-2H3/p+1. The summed E-state index contributed by atoms with van der Waals surface area (Å²) in [6.07, 6.45) is 1.25. The van der Waals surface area contributed by atoms with E-state index in [1.807, 2.05) is 31.2 Å². The third kappa shape index (κ3) is 6.05. The van der Waals surface area contributed by atoms with Gasteiger partial charge in [-0.1, -0.05) is 6.92 Å². The molecule has 1 heterocycles. The molecule has 0 bridgehead atoms. The molecule has 1 N–H and O–H groups in total. The molecule has 1 aromatic rings. The van der Waals surface area contributed by atoms with Crippen molar-refractivity contribution < 1.29 is 24.0 Å². The molecule has 2 rings (SSSR count). The number of amides is 1. The Kier molecular flexibility index (Phi) is 7.73. The van der Waals surface area contributed by atoms with Gasteiger partial charge in [0.05, 0.1) is 52.4 Å². The molecule has 1 aromatic carbocycles. The first kappa shape index (κ1) is 19.2. The number of ether oxygens (including phenoxy) is 2. The number of benzene rings is 1. The van der Waals surface area contributed by atoms with Gasteiger partial charge in [0.25, 0.3) is 0 Å². The van der Waals surface area contributed by atoms with Crippen molar-refractivity contribution >= 4 is 11.9 Å². The minimum Gasteiger partial charge on any atom is -0.494 e. The van der Waals surface area contributed by atoms with Crippen LogP contribution in [0.5, 0.6) is 5.75 Å². The van der Waals surface area contributed by atoms with E-state index in [1.54, 1.807) is 4.90 Å².